The topological polar surface area (TPSA) is 71.4 Å². The number of carbonyl (C=O) groups is 1. The number of hydrogen-bond acceptors (Lipinski definition) is 4. The van der Waals surface area contributed by atoms with Gasteiger partial charge in [0.15, 0.2) is 5.11 Å². The van der Waals surface area contributed by atoms with Crippen molar-refractivity contribution in [3.05, 3.63) is 72.3 Å². The van der Waals surface area contributed by atoms with Crippen molar-refractivity contribution in [3.8, 4) is 5.75 Å². The molecule has 32 heavy (non-hydrogen) atoms. The van der Waals surface area contributed by atoms with Crippen molar-refractivity contribution in [3.63, 3.8) is 0 Å². The van der Waals surface area contributed by atoms with Gasteiger partial charge in [0.2, 0.25) is 5.91 Å². The van der Waals surface area contributed by atoms with Gasteiger partial charge in [0.1, 0.15) is 11.8 Å². The Morgan fingerprint density at radius 3 is 2.69 bits per heavy atom. The zero-order chi connectivity index (χ0) is 22.8. The third-order valence-corrected chi connectivity index (χ3v) is 5.86. The molecule has 0 saturated carbocycles. The van der Waals surface area contributed by atoms with Crippen LogP contribution in [0.1, 0.15) is 50.3 Å². The largest absolute Gasteiger partial charge is 0.495 e. The molecule has 0 spiro atoms. The molecule has 0 bridgehead atoms. The maximum absolute atomic E-state index is 11.8. The number of nitrogens with zero attached hydrogens (tertiary/aromatic N) is 3. The van der Waals surface area contributed by atoms with Gasteiger partial charge in [-0.2, -0.15) is 0 Å². The fourth-order valence-corrected chi connectivity index (χ4v) is 4.54. The number of thiocarbonyl (C=S) groups is 1. The molecular formula is C24H27N5O2S. The monoisotopic (exact) mass is 449 g/mol. The summed E-state index contributed by atoms with van der Waals surface area (Å²) >= 11 is 5.81. The van der Waals surface area contributed by atoms with Crippen molar-refractivity contribution in [1.82, 2.24) is 14.9 Å². The summed E-state index contributed by atoms with van der Waals surface area (Å²) < 4.78 is 7.69. The van der Waals surface area contributed by atoms with Crippen molar-refractivity contribution < 1.29 is 9.53 Å². The smallest absolute Gasteiger partial charge is 0.221 e. The molecule has 1 aliphatic rings. The summed E-state index contributed by atoms with van der Waals surface area (Å²) in [6, 6.07) is 15.8. The average molecular weight is 450 g/mol. The molecule has 4 rings (SSSR count). The molecule has 1 aliphatic heterocycles. The Balaban J connectivity index is 1.85. The molecule has 8 heteroatoms. The zero-order valence-corrected chi connectivity index (χ0v) is 19.4. The predicted octanol–water partition coefficient (Wildman–Crippen LogP) is 4.61. The Hall–Kier alpha value is -3.39. The molecule has 1 aromatic carbocycles. The van der Waals surface area contributed by atoms with Gasteiger partial charge in [-0.3, -0.25) is 9.78 Å². The molecule has 3 heterocycles. The highest BCUT2D eigenvalue weighted by molar-refractivity contribution is 7.80. The Kier molecular flexibility index (Phi) is 6.14. The van der Waals surface area contributed by atoms with E-state index >= 15 is 0 Å². The molecule has 0 radical (unpaired) electrons. The molecule has 0 aliphatic carbocycles. The highest BCUT2D eigenvalue weighted by Gasteiger charge is 2.42. The molecule has 3 aromatic rings. The van der Waals surface area contributed by atoms with E-state index in [0.717, 1.165) is 17.1 Å². The Bertz CT molecular complexity index is 1130. The van der Waals surface area contributed by atoms with Gasteiger partial charge in [-0.1, -0.05) is 6.07 Å². The standard InChI is InChI=1S/C24H27N5O2S/c1-15(2)28-13-7-9-20(28)23-22(18-8-5-6-12-25-18)27-24(32)29(23)17-10-11-21(31-4)19(14-17)26-16(3)30/h5-15,22-23H,1-4H3,(H,26,30)(H,27,32)/t22-,23-/m1/s1. The van der Waals surface area contributed by atoms with Crippen LogP contribution >= 0.6 is 12.2 Å². The van der Waals surface area contributed by atoms with Gasteiger partial charge in [-0.05, 0) is 68.5 Å². The average Bonchev–Trinajstić information content (AvgIpc) is 3.38. The quantitative estimate of drug-likeness (QED) is 0.536. The minimum absolute atomic E-state index is 0.131. The van der Waals surface area contributed by atoms with E-state index in [1.165, 1.54) is 6.92 Å². The van der Waals surface area contributed by atoms with Crippen LogP contribution in [0.3, 0.4) is 0 Å². The molecule has 2 atom stereocenters. The number of methoxy groups -OCH3 is 1. The first-order chi connectivity index (χ1) is 15.4. The highest BCUT2D eigenvalue weighted by Crippen LogP contribution is 2.43. The van der Waals surface area contributed by atoms with Crippen molar-refractivity contribution in [2.24, 2.45) is 0 Å². The van der Waals surface area contributed by atoms with Crippen molar-refractivity contribution in [1.29, 1.82) is 0 Å². The van der Waals surface area contributed by atoms with E-state index in [0.29, 0.717) is 16.5 Å². The molecule has 2 aromatic heterocycles. The SMILES string of the molecule is COc1ccc(N2C(=S)N[C@H](c3ccccn3)[C@H]2c2cccn2C(C)C)cc1NC(C)=O. The van der Waals surface area contributed by atoms with E-state index in [4.69, 9.17) is 17.0 Å². The van der Waals surface area contributed by atoms with Gasteiger partial charge in [0, 0.05) is 36.7 Å². The predicted molar refractivity (Wildman–Crippen MR) is 130 cm³/mol. The van der Waals surface area contributed by atoms with E-state index in [1.54, 1.807) is 13.3 Å². The Labute approximate surface area is 193 Å². The van der Waals surface area contributed by atoms with Crippen LogP contribution in [0, 0.1) is 0 Å². The van der Waals surface area contributed by atoms with Gasteiger partial charge in [-0.25, -0.2) is 0 Å². The number of pyridine rings is 1. The number of rotatable bonds is 6. The second-order valence-electron chi connectivity index (χ2n) is 8.00. The Morgan fingerprint density at radius 2 is 2.03 bits per heavy atom. The number of amides is 1. The van der Waals surface area contributed by atoms with Crippen LogP contribution in [-0.4, -0.2) is 27.7 Å². The second kappa shape index (κ2) is 9.00. The number of anilines is 2. The third-order valence-electron chi connectivity index (χ3n) is 5.54. The normalized spacial score (nSPS) is 18.0. The molecule has 166 valence electrons. The molecule has 1 saturated heterocycles. The summed E-state index contributed by atoms with van der Waals surface area (Å²) in [6.07, 6.45) is 3.88. The van der Waals surface area contributed by atoms with E-state index in [-0.39, 0.29) is 24.0 Å². The molecular weight excluding hydrogens is 422 g/mol. The molecule has 2 N–H and O–H groups in total. The van der Waals surface area contributed by atoms with Crippen LogP contribution in [0.25, 0.3) is 0 Å². The van der Waals surface area contributed by atoms with E-state index in [1.807, 2.05) is 36.4 Å². The van der Waals surface area contributed by atoms with Crippen LogP contribution in [0.2, 0.25) is 0 Å². The molecule has 1 amide bonds. The maximum atomic E-state index is 11.8. The van der Waals surface area contributed by atoms with Crippen molar-refractivity contribution in [2.75, 3.05) is 17.3 Å². The van der Waals surface area contributed by atoms with E-state index < -0.39 is 0 Å². The number of nitrogens with one attached hydrogen (secondary N) is 2. The summed E-state index contributed by atoms with van der Waals surface area (Å²) in [4.78, 5) is 18.5. The fourth-order valence-electron chi connectivity index (χ4n) is 4.19. The van der Waals surface area contributed by atoms with Crippen LogP contribution < -0.4 is 20.3 Å². The summed E-state index contributed by atoms with van der Waals surface area (Å²) in [5.74, 6) is 0.421. The number of hydrogen-bond donors (Lipinski definition) is 2. The number of aromatic nitrogens is 2. The summed E-state index contributed by atoms with van der Waals surface area (Å²) in [5.41, 5.74) is 3.49. The molecule has 0 unspecified atom stereocenters. The first-order valence-electron chi connectivity index (χ1n) is 10.5. The highest BCUT2D eigenvalue weighted by atomic mass is 32.1. The second-order valence-corrected chi connectivity index (χ2v) is 8.38. The number of carbonyl (C=O) groups excluding carboxylic acids is 1. The number of benzene rings is 1. The van der Waals surface area contributed by atoms with Gasteiger partial charge >= 0.3 is 0 Å². The van der Waals surface area contributed by atoms with Gasteiger partial charge in [0.05, 0.1) is 24.5 Å². The van der Waals surface area contributed by atoms with E-state index in [2.05, 4.69) is 57.3 Å². The van der Waals surface area contributed by atoms with Crippen LogP contribution in [-0.2, 0) is 4.79 Å². The van der Waals surface area contributed by atoms with Crippen LogP contribution in [0.4, 0.5) is 11.4 Å². The molecule has 1 fully saturated rings. The summed E-state index contributed by atoms with van der Waals surface area (Å²) in [7, 11) is 1.58. The number of ether oxygens (including phenoxy) is 1. The minimum Gasteiger partial charge on any atom is -0.495 e. The first-order valence-corrected chi connectivity index (χ1v) is 10.9. The lowest BCUT2D eigenvalue weighted by Crippen LogP contribution is -2.30. The first kappa shape index (κ1) is 21.8. The van der Waals surface area contributed by atoms with Crippen LogP contribution in [0.5, 0.6) is 5.75 Å². The van der Waals surface area contributed by atoms with Crippen molar-refractivity contribution >= 4 is 34.6 Å². The minimum atomic E-state index is -0.167. The van der Waals surface area contributed by atoms with Crippen LogP contribution in [0.15, 0.2) is 60.9 Å². The summed E-state index contributed by atoms with van der Waals surface area (Å²) in [6.45, 7) is 5.79. The lowest BCUT2D eigenvalue weighted by Gasteiger charge is -2.30. The van der Waals surface area contributed by atoms with E-state index in [9.17, 15) is 4.79 Å². The zero-order valence-electron chi connectivity index (χ0n) is 18.6. The third kappa shape index (κ3) is 4.05. The van der Waals surface area contributed by atoms with Gasteiger partial charge in [-0.15, -0.1) is 0 Å². The van der Waals surface area contributed by atoms with Gasteiger partial charge < -0.3 is 24.8 Å². The molecule has 7 nitrogen and oxygen atoms in total. The fraction of sp³-hybridized carbons (Fsp3) is 0.292. The summed E-state index contributed by atoms with van der Waals surface area (Å²) in [5, 5.41) is 6.93. The lowest BCUT2D eigenvalue weighted by molar-refractivity contribution is -0.114. The van der Waals surface area contributed by atoms with Crippen molar-refractivity contribution in [2.45, 2.75) is 38.9 Å². The lowest BCUT2D eigenvalue weighted by atomic mass is 10.0. The Morgan fingerprint density at radius 1 is 1.22 bits per heavy atom. The maximum Gasteiger partial charge on any atom is 0.221 e. The van der Waals surface area contributed by atoms with Gasteiger partial charge in [0.25, 0.3) is 0 Å².